The number of rotatable bonds is 21. The first-order valence-corrected chi connectivity index (χ1v) is 19.5. The fraction of sp³-hybridized carbons (Fsp3) is 0.378. The SMILES string of the molecule is CCCCCCCOc1cc(O)c(C(=O)Nc2ccc(C#Cc3ccc(OC(=O)c4cc(OC)c(OCCCCCCC)cc4OC)cc3Cl)cc2)cc1OC. The zero-order valence-corrected chi connectivity index (χ0v) is 33.7. The minimum atomic E-state index is -0.655. The van der Waals surface area contributed by atoms with Gasteiger partial charge in [0.25, 0.3) is 5.91 Å². The zero-order chi connectivity index (χ0) is 40.3. The van der Waals surface area contributed by atoms with Crippen molar-refractivity contribution in [3.8, 4) is 52.1 Å². The van der Waals surface area contributed by atoms with E-state index in [4.69, 9.17) is 40.0 Å². The third-order valence-electron chi connectivity index (χ3n) is 8.88. The lowest BCUT2D eigenvalue weighted by atomic mass is 10.1. The Labute approximate surface area is 335 Å². The van der Waals surface area contributed by atoms with E-state index in [1.165, 1.54) is 71.3 Å². The normalized spacial score (nSPS) is 10.5. The molecule has 0 aliphatic heterocycles. The highest BCUT2D eigenvalue weighted by atomic mass is 35.5. The Morgan fingerprint density at radius 2 is 1.21 bits per heavy atom. The first-order valence-electron chi connectivity index (χ1n) is 19.1. The lowest BCUT2D eigenvalue weighted by molar-refractivity contribution is 0.0730. The summed E-state index contributed by atoms with van der Waals surface area (Å²) in [5, 5.41) is 13.7. The Bertz CT molecular complexity index is 1970. The number of halogens is 1. The molecule has 0 unspecified atom stereocenters. The van der Waals surface area contributed by atoms with E-state index in [1.807, 2.05) is 0 Å². The van der Waals surface area contributed by atoms with E-state index in [-0.39, 0.29) is 33.4 Å². The summed E-state index contributed by atoms with van der Waals surface area (Å²) in [5.41, 5.74) is 1.91. The number of aromatic hydroxyl groups is 1. The number of amides is 1. The van der Waals surface area contributed by atoms with Crippen LogP contribution in [0.2, 0.25) is 5.02 Å². The molecular weight excluding hydrogens is 734 g/mol. The minimum Gasteiger partial charge on any atom is -0.507 e. The van der Waals surface area contributed by atoms with Crippen molar-refractivity contribution in [1.82, 2.24) is 0 Å². The molecule has 298 valence electrons. The lowest BCUT2D eigenvalue weighted by Gasteiger charge is -2.15. The molecule has 0 aliphatic carbocycles. The number of anilines is 1. The topological polar surface area (TPSA) is 122 Å². The van der Waals surface area contributed by atoms with Crippen LogP contribution in [-0.2, 0) is 0 Å². The molecule has 4 aromatic rings. The summed E-state index contributed by atoms with van der Waals surface area (Å²) in [5.74, 6) is 6.84. The molecule has 0 radical (unpaired) electrons. The van der Waals surface area contributed by atoms with E-state index in [9.17, 15) is 14.7 Å². The number of carbonyl (C=O) groups is 2. The molecule has 0 aliphatic rings. The van der Waals surface area contributed by atoms with Crippen LogP contribution in [-0.4, -0.2) is 51.5 Å². The highest BCUT2D eigenvalue weighted by Gasteiger charge is 2.21. The number of esters is 1. The first kappa shape index (κ1) is 43.2. The van der Waals surface area contributed by atoms with Crippen LogP contribution < -0.4 is 33.7 Å². The van der Waals surface area contributed by atoms with Crippen LogP contribution in [0.3, 0.4) is 0 Å². The molecule has 10 nitrogen and oxygen atoms in total. The van der Waals surface area contributed by atoms with E-state index in [1.54, 1.807) is 42.5 Å². The number of unbranched alkanes of at least 4 members (excludes halogenated alkanes) is 8. The predicted octanol–water partition coefficient (Wildman–Crippen LogP) is 10.6. The monoisotopic (exact) mass is 785 g/mol. The Morgan fingerprint density at radius 3 is 1.79 bits per heavy atom. The van der Waals surface area contributed by atoms with Gasteiger partial charge in [0.15, 0.2) is 23.0 Å². The molecule has 0 saturated carbocycles. The number of benzene rings is 4. The van der Waals surface area contributed by atoms with Crippen LogP contribution in [0.25, 0.3) is 0 Å². The van der Waals surface area contributed by atoms with Gasteiger partial charge in [0.05, 0.1) is 45.1 Å². The number of phenols is 1. The van der Waals surface area contributed by atoms with Gasteiger partial charge in [-0.2, -0.15) is 0 Å². The molecule has 1 amide bonds. The summed E-state index contributed by atoms with van der Waals surface area (Å²) in [6.45, 7) is 5.36. The molecule has 0 spiro atoms. The molecule has 4 rings (SSSR count). The maximum atomic E-state index is 13.2. The van der Waals surface area contributed by atoms with E-state index in [0.717, 1.165) is 38.5 Å². The van der Waals surface area contributed by atoms with Gasteiger partial charge in [-0.25, -0.2) is 4.79 Å². The van der Waals surface area contributed by atoms with Crippen LogP contribution >= 0.6 is 11.6 Å². The van der Waals surface area contributed by atoms with Crippen LogP contribution in [0.5, 0.6) is 40.2 Å². The van der Waals surface area contributed by atoms with Crippen molar-refractivity contribution in [2.45, 2.75) is 78.1 Å². The van der Waals surface area contributed by atoms with E-state index < -0.39 is 11.9 Å². The van der Waals surface area contributed by atoms with Crippen LogP contribution in [0.15, 0.2) is 66.7 Å². The Hall–Kier alpha value is -5.53. The molecule has 0 atom stereocenters. The smallest absolute Gasteiger partial charge is 0.347 e. The summed E-state index contributed by atoms with van der Waals surface area (Å²) in [6.07, 6.45) is 11.0. The Morgan fingerprint density at radius 1 is 0.643 bits per heavy atom. The quantitative estimate of drug-likeness (QED) is 0.0368. The molecule has 0 aromatic heterocycles. The standard InChI is InChI=1S/C45H52ClNO9/c1-6-8-10-12-14-24-54-42-29-38(48)35(27-40(42)52-4)44(49)47-33-21-17-31(18-22-33)16-19-32-20-23-34(26-37(32)46)56-45(50)36-28-41(53-5)43(30-39(36)51-3)55-25-15-13-11-9-7-2/h17-18,20-23,26-30,48H,6-15,24-25H2,1-5H3,(H,47,49). The van der Waals surface area contributed by atoms with E-state index in [0.29, 0.717) is 53.0 Å². The molecule has 0 fully saturated rings. The highest BCUT2D eigenvalue weighted by Crippen LogP contribution is 2.37. The molecule has 56 heavy (non-hydrogen) atoms. The van der Waals surface area contributed by atoms with Crippen LogP contribution in [0.4, 0.5) is 5.69 Å². The fourth-order valence-corrected chi connectivity index (χ4v) is 5.94. The van der Waals surface area contributed by atoms with Gasteiger partial charge in [-0.05, 0) is 49.2 Å². The van der Waals surface area contributed by atoms with Gasteiger partial charge in [-0.3, -0.25) is 4.79 Å². The van der Waals surface area contributed by atoms with Gasteiger partial charge in [-0.1, -0.05) is 88.7 Å². The van der Waals surface area contributed by atoms with Crippen molar-refractivity contribution in [2.75, 3.05) is 39.9 Å². The molecular formula is C45H52ClNO9. The maximum absolute atomic E-state index is 13.2. The average molecular weight is 786 g/mol. The van der Waals surface area contributed by atoms with E-state index in [2.05, 4.69) is 31.0 Å². The van der Waals surface area contributed by atoms with E-state index >= 15 is 0 Å². The predicted molar refractivity (Wildman–Crippen MR) is 219 cm³/mol. The maximum Gasteiger partial charge on any atom is 0.347 e. The van der Waals surface area contributed by atoms with Crippen molar-refractivity contribution in [1.29, 1.82) is 0 Å². The third kappa shape index (κ3) is 12.8. The molecule has 0 bridgehead atoms. The van der Waals surface area contributed by atoms with Gasteiger partial charge < -0.3 is 38.8 Å². The molecule has 2 N–H and O–H groups in total. The third-order valence-corrected chi connectivity index (χ3v) is 9.19. The second kappa shape index (κ2) is 22.8. The summed E-state index contributed by atoms with van der Waals surface area (Å²) in [4.78, 5) is 26.3. The number of carbonyl (C=O) groups excluding carboxylic acids is 2. The molecule has 0 heterocycles. The van der Waals surface area contributed by atoms with Crippen molar-refractivity contribution in [2.24, 2.45) is 0 Å². The second-order valence-corrected chi connectivity index (χ2v) is 13.5. The van der Waals surface area contributed by atoms with Gasteiger partial charge in [0.1, 0.15) is 22.8 Å². The van der Waals surface area contributed by atoms with Gasteiger partial charge in [-0.15, -0.1) is 0 Å². The number of hydrogen-bond acceptors (Lipinski definition) is 9. The van der Waals surface area contributed by atoms with Crippen molar-refractivity contribution in [3.05, 3.63) is 94.0 Å². The zero-order valence-electron chi connectivity index (χ0n) is 32.9. The molecule has 4 aromatic carbocycles. The summed E-state index contributed by atoms with van der Waals surface area (Å²) >= 11 is 6.53. The van der Waals surface area contributed by atoms with Gasteiger partial charge >= 0.3 is 5.97 Å². The number of methoxy groups -OCH3 is 3. The summed E-state index contributed by atoms with van der Waals surface area (Å²) in [6, 6.07) is 17.7. The largest absolute Gasteiger partial charge is 0.507 e. The Balaban J connectivity index is 1.35. The summed E-state index contributed by atoms with van der Waals surface area (Å²) in [7, 11) is 4.47. The number of hydrogen-bond donors (Lipinski definition) is 2. The van der Waals surface area contributed by atoms with Crippen molar-refractivity contribution in [3.63, 3.8) is 0 Å². The first-order chi connectivity index (χ1) is 27.2. The lowest BCUT2D eigenvalue weighted by Crippen LogP contribution is -2.12. The van der Waals surface area contributed by atoms with Crippen molar-refractivity contribution >= 4 is 29.2 Å². The van der Waals surface area contributed by atoms with Crippen molar-refractivity contribution < 1.29 is 43.1 Å². The molecule has 0 saturated heterocycles. The second-order valence-electron chi connectivity index (χ2n) is 13.1. The summed E-state index contributed by atoms with van der Waals surface area (Å²) < 4.78 is 33.8. The number of ether oxygens (including phenoxy) is 6. The molecule has 11 heteroatoms. The number of nitrogens with one attached hydrogen (secondary N) is 1. The van der Waals surface area contributed by atoms with Gasteiger partial charge in [0, 0.05) is 47.1 Å². The van der Waals surface area contributed by atoms with Crippen LogP contribution in [0, 0.1) is 11.8 Å². The minimum absolute atomic E-state index is 0.0509. The fourth-order valence-electron chi connectivity index (χ4n) is 5.72. The highest BCUT2D eigenvalue weighted by molar-refractivity contribution is 6.32. The Kier molecular flexibility index (Phi) is 17.6. The van der Waals surface area contributed by atoms with Gasteiger partial charge in [0.2, 0.25) is 0 Å². The van der Waals surface area contributed by atoms with Crippen LogP contribution in [0.1, 0.15) is 110 Å². The number of phenolic OH excluding ortho intramolecular Hbond substituents is 1. The average Bonchev–Trinajstić information content (AvgIpc) is 3.20.